The molecule has 6 heteroatoms. The van der Waals surface area contributed by atoms with Crippen LogP contribution >= 0.6 is 0 Å². The first kappa shape index (κ1) is 10.8. The van der Waals surface area contributed by atoms with Crippen molar-refractivity contribution in [1.29, 1.82) is 0 Å². The lowest BCUT2D eigenvalue weighted by atomic mass is 9.98. The summed E-state index contributed by atoms with van der Waals surface area (Å²) in [7, 11) is 0. The summed E-state index contributed by atoms with van der Waals surface area (Å²) in [6.07, 6.45) is 0. The third-order valence-corrected chi connectivity index (χ3v) is 1.83. The van der Waals surface area contributed by atoms with E-state index in [9.17, 15) is 9.59 Å². The first-order chi connectivity index (χ1) is 6.91. The number of aliphatic carboxylic acids is 2. The van der Waals surface area contributed by atoms with Crippen molar-refractivity contribution in [3.63, 3.8) is 0 Å². The molecule has 1 aromatic rings. The molecule has 0 spiro atoms. The van der Waals surface area contributed by atoms with E-state index < -0.39 is 17.9 Å². The fraction of sp³-hybridized carbons (Fsp3) is 0.111. The van der Waals surface area contributed by atoms with Crippen molar-refractivity contribution in [3.8, 4) is 0 Å². The molecular formula is C9H10N2O4. The van der Waals surface area contributed by atoms with Gasteiger partial charge in [-0.15, -0.1) is 0 Å². The lowest BCUT2D eigenvalue weighted by Gasteiger charge is -2.09. The summed E-state index contributed by atoms with van der Waals surface area (Å²) in [5.74, 6) is -4.55. The Labute approximate surface area is 85.1 Å². The van der Waals surface area contributed by atoms with Crippen molar-refractivity contribution in [2.45, 2.75) is 5.92 Å². The average Bonchev–Trinajstić information content (AvgIpc) is 1.99. The van der Waals surface area contributed by atoms with Gasteiger partial charge in [0.05, 0.1) is 0 Å². The molecule has 80 valence electrons. The van der Waals surface area contributed by atoms with E-state index in [0.29, 0.717) is 0 Å². The highest BCUT2D eigenvalue weighted by atomic mass is 16.4. The third-order valence-electron chi connectivity index (χ3n) is 1.83. The standard InChI is InChI=1S/C9H10N2O4/c10-5-1-4(2-6(11)3-5)7(8(12)13)9(14)15/h1-3,7H,10-11H2,(H,12,13)(H,14,15). The molecule has 0 amide bonds. The number of benzene rings is 1. The van der Waals surface area contributed by atoms with Crippen LogP contribution in [0.1, 0.15) is 11.5 Å². The molecule has 0 atom stereocenters. The zero-order chi connectivity index (χ0) is 11.6. The highest BCUT2D eigenvalue weighted by Crippen LogP contribution is 2.22. The molecule has 0 fully saturated rings. The molecule has 0 bridgehead atoms. The predicted molar refractivity (Wildman–Crippen MR) is 53.3 cm³/mol. The van der Waals surface area contributed by atoms with Crippen LogP contribution in [0.4, 0.5) is 11.4 Å². The molecule has 0 heterocycles. The fourth-order valence-electron chi connectivity index (χ4n) is 1.26. The van der Waals surface area contributed by atoms with Gasteiger partial charge in [0.25, 0.3) is 0 Å². The van der Waals surface area contributed by atoms with Crippen molar-refractivity contribution < 1.29 is 19.8 Å². The highest BCUT2D eigenvalue weighted by Gasteiger charge is 2.28. The summed E-state index contributed by atoms with van der Waals surface area (Å²) in [6.45, 7) is 0. The molecule has 0 aliphatic carbocycles. The van der Waals surface area contributed by atoms with E-state index in [0.717, 1.165) is 0 Å². The summed E-state index contributed by atoms with van der Waals surface area (Å²) in [6, 6.07) is 3.98. The van der Waals surface area contributed by atoms with Crippen LogP contribution in [-0.2, 0) is 9.59 Å². The van der Waals surface area contributed by atoms with Gasteiger partial charge in [0.2, 0.25) is 0 Å². The molecule has 0 saturated carbocycles. The summed E-state index contributed by atoms with van der Waals surface area (Å²) in [5.41, 5.74) is 11.4. The minimum atomic E-state index is -1.64. The van der Waals surface area contributed by atoms with Crippen molar-refractivity contribution in [2.75, 3.05) is 11.5 Å². The van der Waals surface area contributed by atoms with Crippen molar-refractivity contribution in [1.82, 2.24) is 0 Å². The molecule has 1 rings (SSSR count). The van der Waals surface area contributed by atoms with Gasteiger partial charge >= 0.3 is 11.9 Å². The molecular weight excluding hydrogens is 200 g/mol. The number of nitrogens with two attached hydrogens (primary N) is 2. The Morgan fingerprint density at radius 1 is 1.00 bits per heavy atom. The Morgan fingerprint density at radius 3 is 1.73 bits per heavy atom. The lowest BCUT2D eigenvalue weighted by molar-refractivity contribution is -0.150. The van der Waals surface area contributed by atoms with Gasteiger partial charge in [-0.3, -0.25) is 9.59 Å². The van der Waals surface area contributed by atoms with Gasteiger partial charge in [-0.05, 0) is 23.8 Å². The number of hydrogen-bond donors (Lipinski definition) is 4. The Kier molecular flexibility index (Phi) is 2.80. The quantitative estimate of drug-likeness (QED) is 0.414. The summed E-state index contributed by atoms with van der Waals surface area (Å²) in [4.78, 5) is 21.4. The number of nitrogen functional groups attached to an aromatic ring is 2. The first-order valence-corrected chi connectivity index (χ1v) is 4.03. The van der Waals surface area contributed by atoms with E-state index >= 15 is 0 Å². The molecule has 0 saturated heterocycles. The minimum Gasteiger partial charge on any atom is -0.480 e. The van der Waals surface area contributed by atoms with Gasteiger partial charge in [0, 0.05) is 11.4 Å². The normalized spacial score (nSPS) is 10.2. The van der Waals surface area contributed by atoms with Crippen LogP contribution in [0.3, 0.4) is 0 Å². The van der Waals surface area contributed by atoms with E-state index in [1.165, 1.54) is 18.2 Å². The molecule has 0 unspecified atom stereocenters. The maximum absolute atomic E-state index is 10.7. The SMILES string of the molecule is Nc1cc(N)cc(C(C(=O)O)C(=O)O)c1. The summed E-state index contributed by atoms with van der Waals surface area (Å²) in [5, 5.41) is 17.4. The Morgan fingerprint density at radius 2 is 1.40 bits per heavy atom. The highest BCUT2D eigenvalue weighted by molar-refractivity contribution is 5.99. The van der Waals surface area contributed by atoms with Crippen LogP contribution in [0.15, 0.2) is 18.2 Å². The molecule has 0 aliphatic heterocycles. The Balaban J connectivity index is 3.22. The van der Waals surface area contributed by atoms with Crippen LogP contribution < -0.4 is 11.5 Å². The molecule has 1 aromatic carbocycles. The molecule has 0 aliphatic rings. The van der Waals surface area contributed by atoms with Gasteiger partial charge < -0.3 is 21.7 Å². The van der Waals surface area contributed by atoms with Gasteiger partial charge in [0.15, 0.2) is 5.92 Å². The predicted octanol–water partition coefficient (Wildman–Crippen LogP) is 0.104. The minimum absolute atomic E-state index is 0.0625. The van der Waals surface area contributed by atoms with Crippen LogP contribution in [0.2, 0.25) is 0 Å². The number of carbonyl (C=O) groups is 2. The smallest absolute Gasteiger partial charge is 0.322 e. The van der Waals surface area contributed by atoms with Crippen molar-refractivity contribution in [3.05, 3.63) is 23.8 Å². The van der Waals surface area contributed by atoms with Crippen LogP contribution in [-0.4, -0.2) is 22.2 Å². The van der Waals surface area contributed by atoms with Crippen LogP contribution in [0.25, 0.3) is 0 Å². The van der Waals surface area contributed by atoms with Gasteiger partial charge in [-0.25, -0.2) is 0 Å². The number of hydrogen-bond acceptors (Lipinski definition) is 4. The van der Waals surface area contributed by atoms with E-state index in [4.69, 9.17) is 21.7 Å². The average molecular weight is 210 g/mol. The van der Waals surface area contributed by atoms with Gasteiger partial charge in [-0.1, -0.05) is 0 Å². The summed E-state index contributed by atoms with van der Waals surface area (Å²) < 4.78 is 0. The van der Waals surface area contributed by atoms with Crippen molar-refractivity contribution >= 4 is 23.3 Å². The monoisotopic (exact) mass is 210 g/mol. The Hall–Kier alpha value is -2.24. The fourth-order valence-corrected chi connectivity index (χ4v) is 1.26. The van der Waals surface area contributed by atoms with Crippen LogP contribution in [0, 0.1) is 0 Å². The molecule has 6 nitrogen and oxygen atoms in total. The number of carboxylic acid groups (broad SMARTS) is 2. The largest absolute Gasteiger partial charge is 0.480 e. The molecule has 0 aromatic heterocycles. The number of carboxylic acids is 2. The zero-order valence-corrected chi connectivity index (χ0v) is 7.68. The van der Waals surface area contributed by atoms with Gasteiger partial charge in [0.1, 0.15) is 0 Å². The number of anilines is 2. The maximum atomic E-state index is 10.7. The van der Waals surface area contributed by atoms with E-state index in [2.05, 4.69) is 0 Å². The second kappa shape index (κ2) is 3.87. The second-order valence-electron chi connectivity index (χ2n) is 3.04. The lowest BCUT2D eigenvalue weighted by Crippen LogP contribution is -2.21. The Bertz CT molecular complexity index is 382. The number of rotatable bonds is 3. The van der Waals surface area contributed by atoms with E-state index in [-0.39, 0.29) is 16.9 Å². The zero-order valence-electron chi connectivity index (χ0n) is 7.68. The summed E-state index contributed by atoms with van der Waals surface area (Å²) >= 11 is 0. The molecule has 15 heavy (non-hydrogen) atoms. The topological polar surface area (TPSA) is 127 Å². The van der Waals surface area contributed by atoms with E-state index in [1.807, 2.05) is 0 Å². The van der Waals surface area contributed by atoms with Crippen LogP contribution in [0.5, 0.6) is 0 Å². The maximum Gasteiger partial charge on any atom is 0.322 e. The van der Waals surface area contributed by atoms with Gasteiger partial charge in [-0.2, -0.15) is 0 Å². The molecule has 6 N–H and O–H groups in total. The third kappa shape index (κ3) is 2.37. The van der Waals surface area contributed by atoms with Crippen molar-refractivity contribution in [2.24, 2.45) is 0 Å². The van der Waals surface area contributed by atoms with E-state index in [1.54, 1.807) is 0 Å². The molecule has 0 radical (unpaired) electrons. The first-order valence-electron chi connectivity index (χ1n) is 4.03. The second-order valence-corrected chi connectivity index (χ2v) is 3.04.